The molecule has 4 N–H and O–H groups in total. The maximum atomic E-state index is 13.1. The van der Waals surface area contributed by atoms with E-state index in [9.17, 15) is 19.2 Å². The number of rotatable bonds is 0. The van der Waals surface area contributed by atoms with Crippen molar-refractivity contribution >= 4 is 46.9 Å². The number of hydrogen-bond acceptors (Lipinski definition) is 8. The van der Waals surface area contributed by atoms with E-state index < -0.39 is 11.8 Å². The fraction of sp³-hybridized carbons (Fsp3) is 0.512. The van der Waals surface area contributed by atoms with Crippen LogP contribution in [0.2, 0.25) is 0 Å². The molecule has 0 atom stereocenters. The van der Waals surface area contributed by atoms with E-state index in [4.69, 9.17) is 9.47 Å². The molecular formula is C41H52N6O6. The van der Waals surface area contributed by atoms with E-state index in [0.29, 0.717) is 62.4 Å². The Morgan fingerprint density at radius 2 is 0.925 bits per heavy atom. The lowest BCUT2D eigenvalue weighted by molar-refractivity contribution is -0.117. The number of hydrogen-bond donors (Lipinski definition) is 4. The van der Waals surface area contributed by atoms with Crippen molar-refractivity contribution < 1.29 is 28.7 Å². The topological polar surface area (TPSA) is 161 Å². The summed E-state index contributed by atoms with van der Waals surface area (Å²) in [6.07, 6.45) is 11.1. The van der Waals surface area contributed by atoms with E-state index in [2.05, 4.69) is 45.1 Å². The number of carbonyl (C=O) groups is 4. The second-order valence-corrected chi connectivity index (χ2v) is 15.1. The van der Waals surface area contributed by atoms with Gasteiger partial charge < -0.3 is 30.7 Å². The zero-order valence-corrected chi connectivity index (χ0v) is 30.8. The molecule has 2 saturated carbocycles. The molecule has 2 aromatic heterocycles. The third-order valence-corrected chi connectivity index (χ3v) is 11.2. The van der Waals surface area contributed by atoms with Gasteiger partial charge >= 0.3 is 0 Å². The summed E-state index contributed by atoms with van der Waals surface area (Å²) in [5.41, 5.74) is 0.749. The van der Waals surface area contributed by atoms with Crippen LogP contribution in [0.1, 0.15) is 112 Å². The van der Waals surface area contributed by atoms with Crippen LogP contribution >= 0.6 is 0 Å². The third-order valence-electron chi connectivity index (χ3n) is 11.2. The van der Waals surface area contributed by atoms with Crippen LogP contribution in [0.5, 0.6) is 0 Å². The number of nitrogens with zero attached hydrogens (tertiary/aromatic N) is 2. The predicted molar refractivity (Wildman–Crippen MR) is 204 cm³/mol. The van der Waals surface area contributed by atoms with Crippen LogP contribution in [0.4, 0.5) is 23.3 Å². The Morgan fingerprint density at radius 1 is 0.547 bits per heavy atom. The number of benzene rings is 1. The van der Waals surface area contributed by atoms with Crippen molar-refractivity contribution in [3.8, 4) is 0 Å². The molecule has 12 heteroatoms. The standard InChI is InChI=1S/C41H52N6O6/c1-41(2)29-16-20-31(21-17-29)52-24-6-14-37(48)44-33-10-4-12-35(42-33)46-39(50)27-8-3-9-28(26-27)40(51)47-36-13-5-11-34(43-36)45-38(49)15-7-25-53-32-22-18-30(41)19-23-32/h3-5,8-13,26,29-32H,6-7,14-25H2,1-2H3,(H2,42,44,46,48,50)(H2,43,45,47,49,51)/t29-,30-,31+,32+. The molecule has 0 radical (unpaired) electrons. The largest absolute Gasteiger partial charge is 0.378 e. The number of fused-ring (bicyclic) bond motifs is 2. The molecule has 282 valence electrons. The molecule has 5 heterocycles. The van der Waals surface area contributed by atoms with Gasteiger partial charge in [-0.25, -0.2) is 9.97 Å². The van der Waals surface area contributed by atoms with E-state index in [1.54, 1.807) is 54.6 Å². The Kier molecular flexibility index (Phi) is 12.9. The lowest BCUT2D eigenvalue weighted by Gasteiger charge is -2.46. The first-order chi connectivity index (χ1) is 25.6. The zero-order chi connectivity index (χ0) is 37.2. The Hall–Kier alpha value is -4.68. The Morgan fingerprint density at radius 3 is 1.34 bits per heavy atom. The number of anilines is 4. The van der Waals surface area contributed by atoms with Gasteiger partial charge in [0.1, 0.15) is 23.3 Å². The fourth-order valence-electron chi connectivity index (χ4n) is 7.98. The van der Waals surface area contributed by atoms with Crippen LogP contribution in [-0.4, -0.2) is 59.0 Å². The van der Waals surface area contributed by atoms with Crippen molar-refractivity contribution in [1.29, 1.82) is 0 Å². The van der Waals surface area contributed by atoms with Gasteiger partial charge in [-0.1, -0.05) is 32.0 Å². The highest BCUT2D eigenvalue weighted by Crippen LogP contribution is 2.49. The van der Waals surface area contributed by atoms with Crippen molar-refractivity contribution in [2.24, 2.45) is 17.3 Å². The van der Waals surface area contributed by atoms with E-state index in [-0.39, 0.29) is 52.2 Å². The summed E-state index contributed by atoms with van der Waals surface area (Å²) >= 11 is 0. The monoisotopic (exact) mass is 724 g/mol. The highest BCUT2D eigenvalue weighted by Gasteiger charge is 2.40. The smallest absolute Gasteiger partial charge is 0.256 e. The number of carbonyl (C=O) groups excluding carboxylic acids is 4. The summed E-state index contributed by atoms with van der Waals surface area (Å²) in [5, 5.41) is 11.1. The third kappa shape index (κ3) is 10.7. The molecule has 0 saturated heterocycles. The summed E-state index contributed by atoms with van der Waals surface area (Å²) in [6.45, 7) is 5.96. The Labute approximate surface area is 311 Å². The molecule has 1 aromatic carbocycles. The number of amides is 4. The number of nitrogens with one attached hydrogen (secondary N) is 4. The van der Waals surface area contributed by atoms with Crippen LogP contribution in [0.3, 0.4) is 0 Å². The molecule has 4 amide bonds. The predicted octanol–water partition coefficient (Wildman–Crippen LogP) is 7.61. The lowest BCUT2D eigenvalue weighted by atomic mass is 9.60. The zero-order valence-electron chi connectivity index (χ0n) is 30.8. The molecule has 53 heavy (non-hydrogen) atoms. The first-order valence-corrected chi connectivity index (χ1v) is 19.1. The summed E-state index contributed by atoms with van der Waals surface area (Å²) < 4.78 is 12.4. The van der Waals surface area contributed by atoms with Crippen LogP contribution in [0.15, 0.2) is 60.7 Å². The molecule has 8 rings (SSSR count). The van der Waals surface area contributed by atoms with E-state index in [1.165, 1.54) is 6.07 Å². The van der Waals surface area contributed by atoms with Crippen molar-refractivity contribution in [3.05, 3.63) is 71.8 Å². The fourth-order valence-corrected chi connectivity index (χ4v) is 7.98. The average molecular weight is 725 g/mol. The van der Waals surface area contributed by atoms with Crippen molar-refractivity contribution in [2.75, 3.05) is 34.5 Å². The highest BCUT2D eigenvalue weighted by molar-refractivity contribution is 6.08. The average Bonchev–Trinajstić information content (AvgIpc) is 3.15. The highest BCUT2D eigenvalue weighted by atomic mass is 16.5. The number of aromatic nitrogens is 2. The Bertz CT molecular complexity index is 1630. The van der Waals surface area contributed by atoms with Gasteiger partial charge in [-0.2, -0.15) is 0 Å². The molecule has 5 aliphatic rings. The van der Waals surface area contributed by atoms with E-state index >= 15 is 0 Å². The minimum atomic E-state index is -0.469. The van der Waals surface area contributed by atoms with Gasteiger partial charge in [0.05, 0.1) is 12.2 Å². The van der Waals surface area contributed by atoms with E-state index in [1.807, 2.05) is 0 Å². The minimum Gasteiger partial charge on any atom is -0.378 e. The lowest BCUT2D eigenvalue weighted by Crippen LogP contribution is -2.39. The van der Waals surface area contributed by atoms with Gasteiger partial charge in [0.2, 0.25) is 11.8 Å². The normalized spacial score (nSPS) is 25.2. The van der Waals surface area contributed by atoms with Gasteiger partial charge in [0.25, 0.3) is 11.8 Å². The SMILES string of the molecule is CC1(C)[C@H]2CC[C@H](CC2)OCCCC(=O)Nc2cccc(n2)NC(=O)c2cccc(c2)C(=O)Nc2cccc(n2)NC(=O)CCCO[C@@H]2CC[C@H]1CC2. The Balaban J connectivity index is 1.10. The number of ether oxygens (including phenoxy) is 2. The summed E-state index contributed by atoms with van der Waals surface area (Å²) in [4.78, 5) is 60.4. The maximum absolute atomic E-state index is 13.1. The second-order valence-electron chi connectivity index (χ2n) is 15.1. The molecule has 0 spiro atoms. The van der Waals surface area contributed by atoms with Gasteiger partial charge in [-0.3, -0.25) is 19.2 Å². The van der Waals surface area contributed by atoms with Gasteiger partial charge in [-0.15, -0.1) is 0 Å². The first kappa shape index (κ1) is 38.1. The van der Waals surface area contributed by atoms with Crippen molar-refractivity contribution in [1.82, 2.24) is 9.97 Å². The number of pyridine rings is 2. The molecular weight excluding hydrogens is 672 g/mol. The summed E-state index contributed by atoms with van der Waals surface area (Å²) in [5.74, 6) is 1.21. The molecule has 2 fully saturated rings. The van der Waals surface area contributed by atoms with Gasteiger partial charge in [0, 0.05) is 37.2 Å². The first-order valence-electron chi connectivity index (χ1n) is 19.1. The molecule has 10 bridgehead atoms. The van der Waals surface area contributed by atoms with Crippen LogP contribution in [0.25, 0.3) is 0 Å². The van der Waals surface area contributed by atoms with Crippen LogP contribution in [-0.2, 0) is 19.1 Å². The van der Waals surface area contributed by atoms with Crippen molar-refractivity contribution in [2.45, 2.75) is 103 Å². The molecule has 12 nitrogen and oxygen atoms in total. The van der Waals surface area contributed by atoms with E-state index in [0.717, 1.165) is 51.4 Å². The van der Waals surface area contributed by atoms with Crippen molar-refractivity contribution in [3.63, 3.8) is 0 Å². The molecule has 2 aliphatic carbocycles. The maximum Gasteiger partial charge on any atom is 0.256 e. The quantitative estimate of drug-likeness (QED) is 0.184. The van der Waals surface area contributed by atoms with Gasteiger partial charge in [-0.05, 0) is 124 Å². The molecule has 3 aromatic rings. The van der Waals surface area contributed by atoms with Crippen LogP contribution in [0, 0.1) is 17.3 Å². The second kappa shape index (κ2) is 17.9. The minimum absolute atomic E-state index is 0.173. The molecule has 0 unspecified atom stereocenters. The molecule has 3 aliphatic heterocycles. The van der Waals surface area contributed by atoms with Gasteiger partial charge in [0.15, 0.2) is 0 Å². The van der Waals surface area contributed by atoms with Crippen LogP contribution < -0.4 is 21.3 Å². The summed E-state index contributed by atoms with van der Waals surface area (Å²) in [6, 6.07) is 16.2. The summed E-state index contributed by atoms with van der Waals surface area (Å²) in [7, 11) is 0.